The molecule has 2 amide bonds. The third-order valence-electron chi connectivity index (χ3n) is 7.55. The van der Waals surface area contributed by atoms with Gasteiger partial charge in [0.15, 0.2) is 0 Å². The molecule has 0 radical (unpaired) electrons. The number of amides is 2. The second-order valence-electron chi connectivity index (χ2n) is 10.2. The first-order chi connectivity index (χ1) is 17.3. The number of likely N-dealkylation sites (tertiary alicyclic amines) is 1. The van der Waals surface area contributed by atoms with Crippen LogP contribution in [-0.4, -0.2) is 71.3 Å². The van der Waals surface area contributed by atoms with Crippen LogP contribution in [0.3, 0.4) is 0 Å². The molecule has 1 N–H and O–H groups in total. The fraction of sp³-hybridized carbons (Fsp3) is 0.519. The predicted octanol–water partition coefficient (Wildman–Crippen LogP) is 2.73. The molecular weight excluding hydrogens is 484 g/mol. The van der Waals surface area contributed by atoms with Gasteiger partial charge >= 0.3 is 5.97 Å². The second-order valence-corrected chi connectivity index (χ2v) is 10.6. The molecule has 0 saturated carbocycles. The molecule has 5 rings (SSSR count). The van der Waals surface area contributed by atoms with Gasteiger partial charge in [0.05, 0.1) is 42.0 Å². The number of nitrogens with zero attached hydrogens (tertiary/aromatic N) is 2. The Balaban J connectivity index is 1.66. The number of ether oxygens (including phenoxy) is 2. The lowest BCUT2D eigenvalue weighted by molar-refractivity contribution is -0.155. The molecule has 0 aliphatic carbocycles. The van der Waals surface area contributed by atoms with Gasteiger partial charge in [0, 0.05) is 6.54 Å². The zero-order valence-corrected chi connectivity index (χ0v) is 21.1. The Kier molecular flexibility index (Phi) is 6.70. The van der Waals surface area contributed by atoms with Gasteiger partial charge in [-0.1, -0.05) is 61.9 Å². The molecule has 6 atom stereocenters. The number of hydrogen-bond donors (Lipinski definition) is 1. The Morgan fingerprint density at radius 1 is 1.17 bits per heavy atom. The highest BCUT2D eigenvalue weighted by Gasteiger charge is 2.72. The van der Waals surface area contributed by atoms with Crippen molar-refractivity contribution in [1.29, 1.82) is 0 Å². The van der Waals surface area contributed by atoms with E-state index in [1.807, 2.05) is 19.9 Å². The van der Waals surface area contributed by atoms with E-state index in [4.69, 9.17) is 21.1 Å². The lowest BCUT2D eigenvalue weighted by atomic mass is 9.77. The van der Waals surface area contributed by atoms with Crippen LogP contribution in [0.25, 0.3) is 0 Å². The topological polar surface area (TPSA) is 96.4 Å². The first-order valence-electron chi connectivity index (χ1n) is 12.5. The van der Waals surface area contributed by atoms with Crippen LogP contribution in [-0.2, 0) is 23.9 Å². The molecule has 1 spiro atoms. The number of halogens is 1. The maximum Gasteiger partial charge on any atom is 0.312 e. The first kappa shape index (κ1) is 25.0. The molecule has 0 aromatic heterocycles. The van der Waals surface area contributed by atoms with Crippen molar-refractivity contribution in [3.05, 3.63) is 53.6 Å². The zero-order chi connectivity index (χ0) is 25.6. The van der Waals surface area contributed by atoms with E-state index < -0.39 is 41.6 Å². The molecule has 9 heteroatoms. The van der Waals surface area contributed by atoms with E-state index in [1.165, 1.54) is 4.90 Å². The highest BCUT2D eigenvalue weighted by molar-refractivity contribution is 6.34. The lowest BCUT2D eigenvalue weighted by Crippen LogP contribution is -2.58. The Morgan fingerprint density at radius 3 is 2.67 bits per heavy atom. The minimum Gasteiger partial charge on any atom is -0.465 e. The second kappa shape index (κ2) is 9.65. The number of rotatable bonds is 5. The van der Waals surface area contributed by atoms with Crippen molar-refractivity contribution in [1.82, 2.24) is 4.90 Å². The number of aliphatic hydroxyl groups is 1. The molecule has 4 aliphatic heterocycles. The van der Waals surface area contributed by atoms with E-state index in [0.29, 0.717) is 23.6 Å². The Labute approximate surface area is 215 Å². The molecular formula is C27H31ClN2O6. The van der Waals surface area contributed by atoms with Crippen molar-refractivity contribution >= 4 is 35.1 Å². The van der Waals surface area contributed by atoms with Crippen LogP contribution in [0.5, 0.6) is 0 Å². The van der Waals surface area contributed by atoms with Gasteiger partial charge in [-0.2, -0.15) is 0 Å². The number of anilines is 1. The van der Waals surface area contributed by atoms with Crippen LogP contribution in [0.15, 0.2) is 48.6 Å². The van der Waals surface area contributed by atoms with Gasteiger partial charge in [0.1, 0.15) is 17.6 Å². The van der Waals surface area contributed by atoms with Crippen LogP contribution in [0.1, 0.15) is 26.7 Å². The largest absolute Gasteiger partial charge is 0.465 e. The van der Waals surface area contributed by atoms with Crippen LogP contribution < -0.4 is 4.90 Å². The molecule has 192 valence electrons. The number of carbonyl (C=O) groups excluding carboxylic acids is 3. The minimum atomic E-state index is -1.38. The summed E-state index contributed by atoms with van der Waals surface area (Å²) in [4.78, 5) is 44.7. The fourth-order valence-corrected chi connectivity index (χ4v) is 6.38. The summed E-state index contributed by atoms with van der Waals surface area (Å²) in [5, 5.41) is 10.8. The van der Waals surface area contributed by atoms with Gasteiger partial charge in [0.2, 0.25) is 5.91 Å². The van der Waals surface area contributed by atoms with Crippen LogP contribution in [0.4, 0.5) is 5.69 Å². The number of fused-ring (bicyclic) bond motifs is 2. The fourth-order valence-electron chi connectivity index (χ4n) is 6.15. The Hall–Kier alpha value is -2.68. The summed E-state index contributed by atoms with van der Waals surface area (Å²) in [6, 6.07) is 5.35. The third-order valence-corrected chi connectivity index (χ3v) is 7.87. The van der Waals surface area contributed by atoms with E-state index in [0.717, 1.165) is 0 Å². The normalized spacial score (nSPS) is 32.5. The molecule has 36 heavy (non-hydrogen) atoms. The van der Waals surface area contributed by atoms with E-state index in [1.54, 1.807) is 47.4 Å². The molecule has 1 aromatic rings. The minimum absolute atomic E-state index is 0.158. The number of esters is 1. The quantitative estimate of drug-likeness (QED) is 0.479. The summed E-state index contributed by atoms with van der Waals surface area (Å²) in [5.41, 5.74) is -0.855. The number of hydrogen-bond acceptors (Lipinski definition) is 6. The Morgan fingerprint density at radius 2 is 1.94 bits per heavy atom. The summed E-state index contributed by atoms with van der Waals surface area (Å²) >= 11 is 6.47. The van der Waals surface area contributed by atoms with Crippen molar-refractivity contribution in [2.45, 2.75) is 50.5 Å². The van der Waals surface area contributed by atoms with Crippen molar-refractivity contribution < 1.29 is 29.0 Å². The highest BCUT2D eigenvalue weighted by atomic mass is 35.5. The number of para-hydroxylation sites is 1. The van der Waals surface area contributed by atoms with Gasteiger partial charge in [-0.3, -0.25) is 14.4 Å². The molecule has 2 saturated heterocycles. The van der Waals surface area contributed by atoms with E-state index in [9.17, 15) is 19.5 Å². The maximum atomic E-state index is 14.3. The van der Waals surface area contributed by atoms with Crippen molar-refractivity contribution in [3.63, 3.8) is 0 Å². The lowest BCUT2D eigenvalue weighted by Gasteiger charge is -2.39. The van der Waals surface area contributed by atoms with Gasteiger partial charge in [-0.25, -0.2) is 0 Å². The average Bonchev–Trinajstić information content (AvgIpc) is 3.22. The number of carbonyl (C=O) groups is 3. The molecule has 2 fully saturated rings. The number of cyclic esters (lactones) is 1. The summed E-state index contributed by atoms with van der Waals surface area (Å²) in [7, 11) is 0. The number of aliphatic hydroxyl groups excluding tert-OH is 1. The van der Waals surface area contributed by atoms with E-state index in [2.05, 4.69) is 0 Å². The summed E-state index contributed by atoms with van der Waals surface area (Å²) in [6.45, 7) is 4.12. The van der Waals surface area contributed by atoms with Gasteiger partial charge in [-0.15, -0.1) is 0 Å². The zero-order valence-electron chi connectivity index (χ0n) is 20.4. The van der Waals surface area contributed by atoms with Crippen molar-refractivity contribution in [2.75, 3.05) is 24.7 Å². The number of benzene rings is 1. The van der Waals surface area contributed by atoms with Crippen molar-refractivity contribution in [2.24, 2.45) is 17.8 Å². The van der Waals surface area contributed by atoms with Crippen LogP contribution in [0, 0.1) is 17.8 Å². The Bertz CT molecular complexity index is 1120. The highest BCUT2D eigenvalue weighted by Crippen LogP contribution is 2.54. The average molecular weight is 515 g/mol. The maximum absolute atomic E-state index is 14.3. The first-order valence-corrected chi connectivity index (χ1v) is 12.9. The monoisotopic (exact) mass is 514 g/mol. The van der Waals surface area contributed by atoms with E-state index >= 15 is 0 Å². The van der Waals surface area contributed by atoms with Crippen LogP contribution in [0.2, 0.25) is 5.02 Å². The van der Waals surface area contributed by atoms with Crippen LogP contribution >= 0.6 is 11.6 Å². The van der Waals surface area contributed by atoms with Gasteiger partial charge in [-0.05, 0) is 30.9 Å². The standard InChI is InChI=1S/C27H31ClN2O6/c1-16(2)14-17(15-31)30-23-25(33)29(19-9-4-3-8-18(19)28)12-7-11-27(23)22(24(30)32)21-20(36-27)10-5-6-13-35-26(21)34/h3-5,7-11,16-17,20-23,31H,6,12-15H2,1-2H3/t17-,20-,21+,22+,23?,27+/m1/s1. The summed E-state index contributed by atoms with van der Waals surface area (Å²) in [5.74, 6) is -2.92. The molecule has 8 nitrogen and oxygen atoms in total. The third kappa shape index (κ3) is 3.86. The summed E-state index contributed by atoms with van der Waals surface area (Å²) in [6.07, 6.45) is 7.60. The molecule has 1 aromatic carbocycles. The predicted molar refractivity (Wildman–Crippen MR) is 133 cm³/mol. The molecule has 4 aliphatic rings. The molecule has 0 bridgehead atoms. The SMILES string of the molecule is CC(C)C[C@H](CO)N1C(=O)[C@@H]2[C@H]3C(=O)OCCC=C[C@H]3O[C@@]23C=CCN(c2ccccc2Cl)C(=O)C13. The smallest absolute Gasteiger partial charge is 0.312 e. The van der Waals surface area contributed by atoms with Gasteiger partial charge in [0.25, 0.3) is 5.91 Å². The molecule has 1 unspecified atom stereocenters. The summed E-state index contributed by atoms with van der Waals surface area (Å²) < 4.78 is 12.0. The van der Waals surface area contributed by atoms with Gasteiger partial charge < -0.3 is 24.4 Å². The molecule has 4 heterocycles. The van der Waals surface area contributed by atoms with Crippen molar-refractivity contribution in [3.8, 4) is 0 Å². The van der Waals surface area contributed by atoms with E-state index in [-0.39, 0.29) is 37.5 Å².